The molecule has 0 spiro atoms. The first kappa shape index (κ1) is 16.6. The molecule has 0 aromatic heterocycles. The molecule has 0 atom stereocenters. The molecule has 2 nitrogen and oxygen atoms in total. The van der Waals surface area contributed by atoms with E-state index < -0.39 is 12.1 Å². The summed E-state index contributed by atoms with van der Waals surface area (Å²) in [6.07, 6.45) is -0.519. The van der Waals surface area contributed by atoms with E-state index in [-0.39, 0.29) is 10.6 Å². The van der Waals surface area contributed by atoms with Crippen LogP contribution in [0.1, 0.15) is 27.6 Å². The van der Waals surface area contributed by atoms with Gasteiger partial charge in [0.1, 0.15) is 0 Å². The van der Waals surface area contributed by atoms with E-state index in [1.807, 2.05) is 60.7 Å². The molecular weight excluding hydrogens is 343 g/mol. The van der Waals surface area contributed by atoms with Crippen LogP contribution in [0.25, 0.3) is 0 Å². The van der Waals surface area contributed by atoms with E-state index >= 15 is 0 Å². The summed E-state index contributed by atoms with van der Waals surface area (Å²) < 4.78 is 5.76. The summed E-state index contributed by atoms with van der Waals surface area (Å²) in [5.74, 6) is -0.514. The molecule has 0 bridgehead atoms. The maximum atomic E-state index is 12.6. The minimum atomic E-state index is -0.519. The maximum Gasteiger partial charge on any atom is 0.340 e. The predicted octanol–water partition coefficient (Wildman–Crippen LogP) is 5.94. The Kier molecular flexibility index (Phi) is 5.19. The summed E-state index contributed by atoms with van der Waals surface area (Å²) >= 11 is 12.1. The summed E-state index contributed by atoms with van der Waals surface area (Å²) in [6, 6.07) is 24.1. The van der Waals surface area contributed by atoms with Crippen LogP contribution < -0.4 is 0 Å². The topological polar surface area (TPSA) is 26.3 Å². The van der Waals surface area contributed by atoms with Gasteiger partial charge in [0.15, 0.2) is 6.10 Å². The SMILES string of the molecule is O=C(OC(c1ccccc1)c1ccccc1)c1cccc(Cl)c1Cl. The Bertz CT molecular complexity index is 793. The van der Waals surface area contributed by atoms with Gasteiger partial charge in [-0.1, -0.05) is 89.9 Å². The Morgan fingerprint density at radius 2 is 1.29 bits per heavy atom. The second-order valence-corrected chi connectivity index (χ2v) is 5.99. The molecule has 0 saturated carbocycles. The molecular formula is C20H14Cl2O2. The number of benzene rings is 3. The monoisotopic (exact) mass is 356 g/mol. The third-order valence-electron chi connectivity index (χ3n) is 3.60. The molecule has 0 heterocycles. The summed E-state index contributed by atoms with van der Waals surface area (Å²) in [5, 5.41) is 0.520. The summed E-state index contributed by atoms with van der Waals surface area (Å²) in [4.78, 5) is 12.6. The van der Waals surface area contributed by atoms with E-state index in [0.717, 1.165) is 11.1 Å². The van der Waals surface area contributed by atoms with Crippen molar-refractivity contribution >= 4 is 29.2 Å². The van der Waals surface area contributed by atoms with Crippen molar-refractivity contribution in [2.45, 2.75) is 6.10 Å². The molecule has 0 aliphatic heterocycles. The number of hydrogen-bond acceptors (Lipinski definition) is 2. The molecule has 120 valence electrons. The quantitative estimate of drug-likeness (QED) is 0.540. The normalized spacial score (nSPS) is 10.6. The van der Waals surface area contributed by atoms with Crippen molar-refractivity contribution in [3.63, 3.8) is 0 Å². The number of halogens is 2. The van der Waals surface area contributed by atoms with Gasteiger partial charge in [0, 0.05) is 0 Å². The lowest BCUT2D eigenvalue weighted by Gasteiger charge is -2.19. The van der Waals surface area contributed by atoms with Gasteiger partial charge in [0.05, 0.1) is 15.6 Å². The number of carbonyl (C=O) groups is 1. The van der Waals surface area contributed by atoms with Gasteiger partial charge in [-0.15, -0.1) is 0 Å². The number of rotatable bonds is 4. The van der Waals surface area contributed by atoms with Crippen LogP contribution in [-0.2, 0) is 4.74 Å². The molecule has 3 rings (SSSR count). The molecule has 0 radical (unpaired) electrons. The van der Waals surface area contributed by atoms with Gasteiger partial charge < -0.3 is 4.74 Å². The fourth-order valence-electron chi connectivity index (χ4n) is 2.42. The highest BCUT2D eigenvalue weighted by molar-refractivity contribution is 6.43. The minimum Gasteiger partial charge on any atom is -0.449 e. The fourth-order valence-corrected chi connectivity index (χ4v) is 2.79. The van der Waals surface area contributed by atoms with Crippen molar-refractivity contribution in [2.24, 2.45) is 0 Å². The van der Waals surface area contributed by atoms with Crippen LogP contribution in [0.4, 0.5) is 0 Å². The molecule has 0 unspecified atom stereocenters. The summed E-state index contributed by atoms with van der Waals surface area (Å²) in [6.45, 7) is 0. The number of esters is 1. The van der Waals surface area contributed by atoms with Crippen molar-refractivity contribution in [3.8, 4) is 0 Å². The molecule has 24 heavy (non-hydrogen) atoms. The lowest BCUT2D eigenvalue weighted by molar-refractivity contribution is 0.0378. The Morgan fingerprint density at radius 1 is 0.750 bits per heavy atom. The minimum absolute atomic E-state index is 0.198. The van der Waals surface area contributed by atoms with E-state index in [0.29, 0.717) is 5.02 Å². The first-order chi connectivity index (χ1) is 11.7. The van der Waals surface area contributed by atoms with Crippen LogP contribution in [0.3, 0.4) is 0 Å². The average molecular weight is 357 g/mol. The van der Waals surface area contributed by atoms with E-state index in [1.54, 1.807) is 18.2 Å². The van der Waals surface area contributed by atoms with Crippen LogP contribution in [-0.4, -0.2) is 5.97 Å². The maximum absolute atomic E-state index is 12.6. The van der Waals surface area contributed by atoms with Gasteiger partial charge in [-0.3, -0.25) is 0 Å². The second-order valence-electron chi connectivity index (χ2n) is 5.21. The van der Waals surface area contributed by atoms with E-state index in [1.165, 1.54) is 0 Å². The van der Waals surface area contributed by atoms with Crippen LogP contribution in [0, 0.1) is 0 Å². The zero-order chi connectivity index (χ0) is 16.9. The zero-order valence-corrected chi connectivity index (χ0v) is 14.2. The van der Waals surface area contributed by atoms with Gasteiger partial charge in [-0.25, -0.2) is 4.79 Å². The summed E-state index contributed by atoms with van der Waals surface area (Å²) in [5.41, 5.74) is 2.02. The molecule has 0 aliphatic carbocycles. The largest absolute Gasteiger partial charge is 0.449 e. The summed E-state index contributed by atoms with van der Waals surface area (Å²) in [7, 11) is 0. The van der Waals surface area contributed by atoms with Gasteiger partial charge in [-0.05, 0) is 23.3 Å². The van der Waals surface area contributed by atoms with E-state index in [2.05, 4.69) is 0 Å². The first-order valence-corrected chi connectivity index (χ1v) is 8.17. The van der Waals surface area contributed by atoms with Crippen molar-refractivity contribution < 1.29 is 9.53 Å². The Labute approximate surface area is 150 Å². The highest BCUT2D eigenvalue weighted by Gasteiger charge is 2.22. The first-order valence-electron chi connectivity index (χ1n) is 7.41. The Balaban J connectivity index is 1.95. The third kappa shape index (κ3) is 3.61. The van der Waals surface area contributed by atoms with Crippen molar-refractivity contribution in [3.05, 3.63) is 106 Å². The van der Waals surface area contributed by atoms with Gasteiger partial charge in [0.2, 0.25) is 0 Å². The van der Waals surface area contributed by atoms with Crippen LogP contribution >= 0.6 is 23.2 Å². The predicted molar refractivity (Wildman–Crippen MR) is 96.6 cm³/mol. The van der Waals surface area contributed by atoms with Crippen LogP contribution in [0.5, 0.6) is 0 Å². The number of ether oxygens (including phenoxy) is 1. The zero-order valence-electron chi connectivity index (χ0n) is 12.7. The van der Waals surface area contributed by atoms with Gasteiger partial charge >= 0.3 is 5.97 Å². The second kappa shape index (κ2) is 7.52. The third-order valence-corrected chi connectivity index (χ3v) is 4.42. The van der Waals surface area contributed by atoms with Crippen molar-refractivity contribution in [1.82, 2.24) is 0 Å². The molecule has 4 heteroatoms. The molecule has 0 aliphatic rings. The molecule has 3 aromatic rings. The van der Waals surface area contributed by atoms with E-state index in [4.69, 9.17) is 27.9 Å². The van der Waals surface area contributed by atoms with E-state index in [9.17, 15) is 4.79 Å². The standard InChI is InChI=1S/C20H14Cl2O2/c21-17-13-7-12-16(18(17)22)20(23)24-19(14-8-3-1-4-9-14)15-10-5-2-6-11-15/h1-13,19H. The van der Waals surface area contributed by atoms with Gasteiger partial charge in [0.25, 0.3) is 0 Å². The number of hydrogen-bond donors (Lipinski definition) is 0. The van der Waals surface area contributed by atoms with Crippen molar-refractivity contribution in [1.29, 1.82) is 0 Å². The van der Waals surface area contributed by atoms with Crippen LogP contribution in [0.2, 0.25) is 10.0 Å². The Morgan fingerprint density at radius 3 is 1.83 bits per heavy atom. The average Bonchev–Trinajstić information content (AvgIpc) is 2.63. The smallest absolute Gasteiger partial charge is 0.340 e. The molecule has 0 saturated heterocycles. The fraction of sp³-hybridized carbons (Fsp3) is 0.0500. The van der Waals surface area contributed by atoms with Crippen LogP contribution in [0.15, 0.2) is 78.9 Å². The van der Waals surface area contributed by atoms with Gasteiger partial charge in [-0.2, -0.15) is 0 Å². The molecule has 0 N–H and O–H groups in total. The highest BCUT2D eigenvalue weighted by atomic mass is 35.5. The Hall–Kier alpha value is -2.29. The number of carbonyl (C=O) groups excluding carboxylic acids is 1. The lowest BCUT2D eigenvalue weighted by Crippen LogP contribution is -2.13. The molecule has 0 fully saturated rings. The molecule has 0 amide bonds. The highest BCUT2D eigenvalue weighted by Crippen LogP contribution is 2.30. The molecule has 3 aromatic carbocycles. The lowest BCUT2D eigenvalue weighted by atomic mass is 10.0. The van der Waals surface area contributed by atoms with Crippen molar-refractivity contribution in [2.75, 3.05) is 0 Å².